The van der Waals surface area contributed by atoms with E-state index in [-0.39, 0.29) is 0 Å². The second-order valence-electron chi connectivity index (χ2n) is 4.45. The van der Waals surface area contributed by atoms with Crippen LogP contribution in [0.25, 0.3) is 0 Å². The summed E-state index contributed by atoms with van der Waals surface area (Å²) in [4.78, 5) is 0. The average molecular weight is 201 g/mol. The third kappa shape index (κ3) is 4.40. The van der Waals surface area contributed by atoms with Gasteiger partial charge in [0.25, 0.3) is 0 Å². The maximum Gasteiger partial charge on any atom is 0.0554 e. The van der Waals surface area contributed by atoms with Gasteiger partial charge >= 0.3 is 0 Å². The van der Waals surface area contributed by atoms with Gasteiger partial charge in [-0.05, 0) is 19.4 Å². The van der Waals surface area contributed by atoms with Crippen molar-refractivity contribution in [3.05, 3.63) is 0 Å². The third-order valence-corrected chi connectivity index (χ3v) is 2.44. The largest absolute Gasteiger partial charge is 0.381 e. The lowest BCUT2D eigenvalue weighted by atomic mass is 9.89. The maximum absolute atomic E-state index is 5.39. The highest BCUT2D eigenvalue weighted by Crippen LogP contribution is 2.24. The lowest BCUT2D eigenvalue weighted by Crippen LogP contribution is -2.47. The molecule has 0 spiro atoms. The van der Waals surface area contributed by atoms with E-state index < -0.39 is 0 Å². The number of rotatable bonds is 8. The van der Waals surface area contributed by atoms with Crippen molar-refractivity contribution in [2.45, 2.75) is 26.7 Å². The van der Waals surface area contributed by atoms with Gasteiger partial charge in [0.2, 0.25) is 0 Å². The van der Waals surface area contributed by atoms with E-state index in [1.165, 1.54) is 0 Å². The second-order valence-corrected chi connectivity index (χ2v) is 4.45. The summed E-state index contributed by atoms with van der Waals surface area (Å²) in [6.45, 7) is 10.1. The van der Waals surface area contributed by atoms with Gasteiger partial charge in [0.05, 0.1) is 13.2 Å². The molecule has 1 saturated heterocycles. The summed E-state index contributed by atoms with van der Waals surface area (Å²) in [5.74, 6) is 0. The first-order valence-corrected chi connectivity index (χ1v) is 5.63. The van der Waals surface area contributed by atoms with Crippen LogP contribution in [0.15, 0.2) is 0 Å². The van der Waals surface area contributed by atoms with E-state index in [1.807, 2.05) is 0 Å². The minimum absolute atomic E-state index is 0.393. The summed E-state index contributed by atoms with van der Waals surface area (Å²) in [5, 5.41) is 3.44. The van der Waals surface area contributed by atoms with E-state index in [1.54, 1.807) is 0 Å². The normalized spacial score (nSPS) is 19.3. The molecule has 0 saturated carbocycles. The molecule has 0 aromatic carbocycles. The van der Waals surface area contributed by atoms with Crippen molar-refractivity contribution >= 4 is 0 Å². The molecular weight excluding hydrogens is 178 g/mol. The summed E-state index contributed by atoms with van der Waals surface area (Å²) in [6, 6.07) is 0. The van der Waals surface area contributed by atoms with Crippen molar-refractivity contribution in [2.75, 3.05) is 39.5 Å². The van der Waals surface area contributed by atoms with Crippen LogP contribution in [-0.4, -0.2) is 39.5 Å². The van der Waals surface area contributed by atoms with Gasteiger partial charge < -0.3 is 14.8 Å². The van der Waals surface area contributed by atoms with Crippen molar-refractivity contribution < 1.29 is 9.47 Å². The Labute approximate surface area is 87.2 Å². The Morgan fingerprint density at radius 2 is 2.14 bits per heavy atom. The molecule has 1 N–H and O–H groups in total. The molecule has 0 unspecified atom stereocenters. The zero-order valence-electron chi connectivity index (χ0n) is 9.47. The van der Waals surface area contributed by atoms with Gasteiger partial charge in [-0.25, -0.2) is 0 Å². The van der Waals surface area contributed by atoms with Crippen molar-refractivity contribution in [3.8, 4) is 0 Å². The number of nitrogens with one attached hydrogen (secondary N) is 1. The van der Waals surface area contributed by atoms with E-state index in [0.29, 0.717) is 5.41 Å². The van der Waals surface area contributed by atoms with Gasteiger partial charge in [0.15, 0.2) is 0 Å². The Kier molecular flexibility index (Phi) is 5.45. The van der Waals surface area contributed by atoms with Crippen LogP contribution in [0.4, 0.5) is 0 Å². The molecule has 0 atom stereocenters. The van der Waals surface area contributed by atoms with Crippen LogP contribution in [0.1, 0.15) is 26.7 Å². The fourth-order valence-corrected chi connectivity index (χ4v) is 1.49. The molecule has 0 amide bonds. The first-order valence-electron chi connectivity index (χ1n) is 5.63. The van der Waals surface area contributed by atoms with E-state index in [4.69, 9.17) is 9.47 Å². The first-order chi connectivity index (χ1) is 6.77. The molecule has 14 heavy (non-hydrogen) atoms. The number of hydrogen-bond acceptors (Lipinski definition) is 3. The summed E-state index contributed by atoms with van der Waals surface area (Å²) in [6.07, 6.45) is 2.22. The van der Waals surface area contributed by atoms with Crippen LogP contribution in [-0.2, 0) is 9.47 Å². The molecule has 0 bridgehead atoms. The summed E-state index contributed by atoms with van der Waals surface area (Å²) in [7, 11) is 0. The molecule has 3 heteroatoms. The number of ether oxygens (including phenoxy) is 2. The van der Waals surface area contributed by atoms with Crippen molar-refractivity contribution in [1.29, 1.82) is 0 Å². The van der Waals surface area contributed by atoms with Gasteiger partial charge in [0, 0.05) is 25.2 Å². The molecule has 0 radical (unpaired) electrons. The fourth-order valence-electron chi connectivity index (χ4n) is 1.49. The topological polar surface area (TPSA) is 30.5 Å². The van der Waals surface area contributed by atoms with Crippen LogP contribution in [0, 0.1) is 5.41 Å². The zero-order chi connectivity index (χ0) is 10.3. The Morgan fingerprint density at radius 3 is 2.71 bits per heavy atom. The van der Waals surface area contributed by atoms with E-state index >= 15 is 0 Å². The SMILES string of the molecule is CCCOCCCNCC1(C)COC1. The summed E-state index contributed by atoms with van der Waals surface area (Å²) in [5.41, 5.74) is 0.393. The Hall–Kier alpha value is -0.120. The Balaban J connectivity index is 1.80. The minimum Gasteiger partial charge on any atom is -0.381 e. The quantitative estimate of drug-likeness (QED) is 0.603. The molecule has 0 aromatic heterocycles. The summed E-state index contributed by atoms with van der Waals surface area (Å²) >= 11 is 0. The van der Waals surface area contributed by atoms with Crippen molar-refractivity contribution in [1.82, 2.24) is 5.32 Å². The lowest BCUT2D eigenvalue weighted by molar-refractivity contribution is -0.0990. The molecule has 0 aliphatic carbocycles. The van der Waals surface area contributed by atoms with Crippen molar-refractivity contribution in [3.63, 3.8) is 0 Å². The van der Waals surface area contributed by atoms with Crippen LogP contribution in [0.3, 0.4) is 0 Å². The molecule has 1 aliphatic heterocycles. The maximum atomic E-state index is 5.39. The second kappa shape index (κ2) is 6.38. The highest BCUT2D eigenvalue weighted by molar-refractivity contribution is 4.82. The van der Waals surface area contributed by atoms with E-state index in [2.05, 4.69) is 19.2 Å². The van der Waals surface area contributed by atoms with Gasteiger partial charge in [-0.15, -0.1) is 0 Å². The molecule has 84 valence electrons. The summed E-state index contributed by atoms with van der Waals surface area (Å²) < 4.78 is 10.6. The molecular formula is C11H23NO2. The zero-order valence-corrected chi connectivity index (χ0v) is 9.47. The minimum atomic E-state index is 0.393. The predicted molar refractivity (Wildman–Crippen MR) is 57.5 cm³/mol. The first kappa shape index (κ1) is 12.0. The highest BCUT2D eigenvalue weighted by Gasteiger charge is 2.32. The Bertz CT molecular complexity index is 146. The standard InChI is InChI=1S/C11H23NO2/c1-3-6-13-7-4-5-12-8-11(2)9-14-10-11/h12H,3-10H2,1-2H3. The van der Waals surface area contributed by atoms with Crippen LogP contribution < -0.4 is 5.32 Å². The van der Waals surface area contributed by atoms with Gasteiger partial charge in [-0.1, -0.05) is 13.8 Å². The molecule has 3 nitrogen and oxygen atoms in total. The van der Waals surface area contributed by atoms with Crippen LogP contribution >= 0.6 is 0 Å². The van der Waals surface area contributed by atoms with Crippen LogP contribution in [0.5, 0.6) is 0 Å². The molecule has 1 aliphatic rings. The molecule has 1 heterocycles. The predicted octanol–water partition coefficient (Wildman–Crippen LogP) is 1.43. The molecule has 1 rings (SSSR count). The molecule has 0 aromatic rings. The fraction of sp³-hybridized carbons (Fsp3) is 1.00. The van der Waals surface area contributed by atoms with E-state index in [0.717, 1.165) is 52.4 Å². The van der Waals surface area contributed by atoms with Gasteiger partial charge in [-0.3, -0.25) is 0 Å². The van der Waals surface area contributed by atoms with Crippen LogP contribution in [0.2, 0.25) is 0 Å². The Morgan fingerprint density at radius 1 is 1.36 bits per heavy atom. The lowest BCUT2D eigenvalue weighted by Gasteiger charge is -2.38. The number of hydrogen-bond donors (Lipinski definition) is 1. The van der Waals surface area contributed by atoms with Crippen molar-refractivity contribution in [2.24, 2.45) is 5.41 Å². The monoisotopic (exact) mass is 201 g/mol. The van der Waals surface area contributed by atoms with Gasteiger partial charge in [0.1, 0.15) is 0 Å². The highest BCUT2D eigenvalue weighted by atomic mass is 16.5. The van der Waals surface area contributed by atoms with E-state index in [9.17, 15) is 0 Å². The average Bonchev–Trinajstić information content (AvgIpc) is 2.14. The van der Waals surface area contributed by atoms with Gasteiger partial charge in [-0.2, -0.15) is 0 Å². The smallest absolute Gasteiger partial charge is 0.0554 e. The molecule has 1 fully saturated rings. The third-order valence-electron chi connectivity index (χ3n) is 2.44.